The fraction of sp³-hybridized carbons (Fsp3) is 0.591. The molecule has 2 aromatic heterocycles. The summed E-state index contributed by atoms with van der Waals surface area (Å²) in [6.45, 7) is 4.05. The predicted molar refractivity (Wildman–Crippen MR) is 123 cm³/mol. The SMILES string of the molecule is CNC(=O)c1csc2c(C(F)(F)F)cc(N3CCC(OC(=O)N4CC(C)(N(C)C)C4)CC3)nc12. The fourth-order valence-electron chi connectivity index (χ4n) is 4.27. The first kappa shape index (κ1) is 24.5. The minimum atomic E-state index is -4.58. The van der Waals surface area contributed by atoms with Crippen LogP contribution in [0.2, 0.25) is 0 Å². The van der Waals surface area contributed by atoms with Crippen molar-refractivity contribution in [3.05, 3.63) is 22.6 Å². The molecule has 2 aromatic rings. The van der Waals surface area contributed by atoms with Crippen LogP contribution >= 0.6 is 11.3 Å². The molecule has 0 aromatic carbocycles. The van der Waals surface area contributed by atoms with E-state index in [4.69, 9.17) is 4.74 Å². The van der Waals surface area contributed by atoms with Crippen molar-refractivity contribution >= 4 is 39.4 Å². The first-order valence-electron chi connectivity index (χ1n) is 11.0. The zero-order chi connectivity index (χ0) is 24.8. The highest BCUT2D eigenvalue weighted by atomic mass is 32.1. The summed E-state index contributed by atoms with van der Waals surface area (Å²) in [7, 11) is 5.37. The summed E-state index contributed by atoms with van der Waals surface area (Å²) < 4.78 is 46.9. The van der Waals surface area contributed by atoms with Crippen molar-refractivity contribution < 1.29 is 27.5 Å². The van der Waals surface area contributed by atoms with Crippen molar-refractivity contribution in [2.24, 2.45) is 0 Å². The maximum atomic E-state index is 13.8. The van der Waals surface area contributed by atoms with Gasteiger partial charge in [0, 0.05) is 51.4 Å². The number of anilines is 1. The third-order valence-electron chi connectivity index (χ3n) is 6.72. The van der Waals surface area contributed by atoms with E-state index >= 15 is 0 Å². The van der Waals surface area contributed by atoms with Crippen LogP contribution in [0.5, 0.6) is 0 Å². The number of pyridine rings is 1. The van der Waals surface area contributed by atoms with Gasteiger partial charge in [-0.15, -0.1) is 11.3 Å². The number of fused-ring (bicyclic) bond motifs is 1. The van der Waals surface area contributed by atoms with Gasteiger partial charge in [-0.25, -0.2) is 9.78 Å². The van der Waals surface area contributed by atoms with Gasteiger partial charge in [0.25, 0.3) is 5.91 Å². The molecule has 186 valence electrons. The lowest BCUT2D eigenvalue weighted by molar-refractivity contribution is -0.136. The van der Waals surface area contributed by atoms with E-state index in [0.717, 1.165) is 17.4 Å². The molecule has 0 atom stereocenters. The highest BCUT2D eigenvalue weighted by molar-refractivity contribution is 7.17. The van der Waals surface area contributed by atoms with E-state index < -0.39 is 17.6 Å². The zero-order valence-corrected chi connectivity index (χ0v) is 20.3. The van der Waals surface area contributed by atoms with E-state index in [1.165, 1.54) is 12.4 Å². The number of nitrogens with zero attached hydrogens (tertiary/aromatic N) is 4. The van der Waals surface area contributed by atoms with Gasteiger partial charge in [0.1, 0.15) is 11.9 Å². The number of alkyl halides is 3. The average molecular weight is 500 g/mol. The Morgan fingerprint density at radius 3 is 2.47 bits per heavy atom. The number of amides is 2. The van der Waals surface area contributed by atoms with Crippen molar-refractivity contribution in [3.8, 4) is 0 Å². The molecule has 2 saturated heterocycles. The van der Waals surface area contributed by atoms with Crippen LogP contribution < -0.4 is 10.2 Å². The second kappa shape index (κ2) is 8.88. The number of aromatic nitrogens is 1. The molecule has 0 aliphatic carbocycles. The van der Waals surface area contributed by atoms with Gasteiger partial charge in [-0.1, -0.05) is 0 Å². The van der Waals surface area contributed by atoms with Gasteiger partial charge in [0.2, 0.25) is 0 Å². The van der Waals surface area contributed by atoms with Gasteiger partial charge in [0.15, 0.2) is 0 Å². The van der Waals surface area contributed by atoms with Crippen LogP contribution in [0.1, 0.15) is 35.7 Å². The largest absolute Gasteiger partial charge is 0.446 e. The molecule has 4 rings (SSSR count). The maximum Gasteiger partial charge on any atom is 0.417 e. The van der Waals surface area contributed by atoms with Crippen molar-refractivity contribution in [3.63, 3.8) is 0 Å². The van der Waals surface area contributed by atoms with Gasteiger partial charge in [0.05, 0.1) is 26.9 Å². The first-order valence-corrected chi connectivity index (χ1v) is 11.9. The Hall–Kier alpha value is -2.60. The van der Waals surface area contributed by atoms with E-state index in [1.54, 1.807) is 9.80 Å². The fourth-order valence-corrected chi connectivity index (χ4v) is 5.29. The van der Waals surface area contributed by atoms with Crippen LogP contribution in [0.15, 0.2) is 11.4 Å². The van der Waals surface area contributed by atoms with Gasteiger partial charge < -0.3 is 24.8 Å². The number of rotatable bonds is 4. The van der Waals surface area contributed by atoms with E-state index in [0.29, 0.717) is 39.0 Å². The van der Waals surface area contributed by atoms with Gasteiger partial charge in [-0.3, -0.25) is 4.79 Å². The molecule has 2 amide bonds. The Bertz CT molecular complexity index is 1090. The molecular weight excluding hydrogens is 471 g/mol. The average Bonchev–Trinajstić information content (AvgIpc) is 3.19. The smallest absolute Gasteiger partial charge is 0.417 e. The number of nitrogens with one attached hydrogen (secondary N) is 1. The van der Waals surface area contributed by atoms with Crippen LogP contribution in [0.4, 0.5) is 23.8 Å². The summed E-state index contributed by atoms with van der Waals surface area (Å²) in [5, 5.41) is 3.85. The molecule has 0 unspecified atom stereocenters. The minimum absolute atomic E-state index is 0.0458. The van der Waals surface area contributed by atoms with Crippen LogP contribution in [0, 0.1) is 0 Å². The lowest BCUT2D eigenvalue weighted by Crippen LogP contribution is -2.68. The normalized spacial score (nSPS) is 18.8. The lowest BCUT2D eigenvalue weighted by Gasteiger charge is -2.51. The molecule has 1 N–H and O–H groups in total. The maximum absolute atomic E-state index is 13.8. The quantitative estimate of drug-likeness (QED) is 0.695. The Balaban J connectivity index is 1.46. The number of piperidine rings is 1. The lowest BCUT2D eigenvalue weighted by atomic mass is 9.91. The Labute approximate surface area is 199 Å². The molecular formula is C22H28F3N5O3S. The van der Waals surface area contributed by atoms with Crippen molar-refractivity contribution in [2.75, 3.05) is 52.2 Å². The Morgan fingerprint density at radius 2 is 1.91 bits per heavy atom. The summed E-state index contributed by atoms with van der Waals surface area (Å²) in [6, 6.07) is 1.04. The molecule has 0 spiro atoms. The highest BCUT2D eigenvalue weighted by Crippen LogP contribution is 2.40. The van der Waals surface area contributed by atoms with Crippen molar-refractivity contribution in [2.45, 2.75) is 37.6 Å². The Kier molecular flexibility index (Phi) is 6.40. The second-order valence-electron chi connectivity index (χ2n) is 9.25. The van der Waals surface area contributed by atoms with Crippen LogP contribution in [-0.2, 0) is 10.9 Å². The van der Waals surface area contributed by atoms with Crippen molar-refractivity contribution in [1.82, 2.24) is 20.1 Å². The number of carbonyl (C=O) groups is 2. The summed E-state index contributed by atoms with van der Waals surface area (Å²) >= 11 is 0.859. The summed E-state index contributed by atoms with van der Waals surface area (Å²) in [5.74, 6) is -0.316. The summed E-state index contributed by atoms with van der Waals surface area (Å²) in [5.41, 5.74) is -0.691. The number of likely N-dealkylation sites (tertiary alicyclic amines) is 1. The molecule has 0 radical (unpaired) electrons. The van der Waals surface area contributed by atoms with Gasteiger partial charge >= 0.3 is 12.3 Å². The first-order chi connectivity index (χ1) is 15.9. The van der Waals surface area contributed by atoms with E-state index in [1.807, 2.05) is 14.1 Å². The number of hydrogen-bond donors (Lipinski definition) is 1. The van der Waals surface area contributed by atoms with Crippen LogP contribution in [0.25, 0.3) is 10.2 Å². The zero-order valence-electron chi connectivity index (χ0n) is 19.5. The van der Waals surface area contributed by atoms with Crippen LogP contribution in [0.3, 0.4) is 0 Å². The predicted octanol–water partition coefficient (Wildman–Crippen LogP) is 3.42. The van der Waals surface area contributed by atoms with Gasteiger partial charge in [-0.05, 0) is 27.1 Å². The Morgan fingerprint density at radius 1 is 1.26 bits per heavy atom. The third kappa shape index (κ3) is 4.52. The second-order valence-corrected chi connectivity index (χ2v) is 10.1. The monoisotopic (exact) mass is 499 g/mol. The summed E-state index contributed by atoms with van der Waals surface area (Å²) in [6.07, 6.45) is -4.27. The number of hydrogen-bond acceptors (Lipinski definition) is 7. The van der Waals surface area contributed by atoms with Crippen molar-refractivity contribution in [1.29, 1.82) is 0 Å². The molecule has 34 heavy (non-hydrogen) atoms. The van der Waals surface area contributed by atoms with E-state index in [2.05, 4.69) is 22.1 Å². The highest BCUT2D eigenvalue weighted by Gasteiger charge is 2.44. The number of thiophene rings is 1. The number of likely N-dealkylation sites (N-methyl/N-ethyl adjacent to an activating group) is 1. The topological polar surface area (TPSA) is 78.0 Å². The standard InChI is InChI=1S/C22H28F3N5O3S/c1-21(28(3)4)11-30(12-21)20(32)33-13-5-7-29(8-6-13)16-9-15(22(23,24)25)18-17(27-16)14(10-34-18)19(31)26-2/h9-10,13H,5-8,11-12H2,1-4H3,(H,26,31). The molecule has 0 saturated carbocycles. The van der Waals surface area contributed by atoms with Gasteiger partial charge in [-0.2, -0.15) is 13.2 Å². The molecule has 2 fully saturated rings. The minimum Gasteiger partial charge on any atom is -0.446 e. The molecule has 2 aliphatic rings. The molecule has 4 heterocycles. The number of halogens is 3. The molecule has 0 bridgehead atoms. The number of carbonyl (C=O) groups excluding carboxylic acids is 2. The number of ether oxygens (including phenoxy) is 1. The molecule has 2 aliphatic heterocycles. The molecule has 12 heteroatoms. The third-order valence-corrected chi connectivity index (χ3v) is 7.72. The van der Waals surface area contributed by atoms with E-state index in [9.17, 15) is 22.8 Å². The van der Waals surface area contributed by atoms with E-state index in [-0.39, 0.29) is 39.3 Å². The van der Waals surface area contributed by atoms with Crippen LogP contribution in [-0.4, -0.2) is 85.7 Å². The summed E-state index contributed by atoms with van der Waals surface area (Å²) in [4.78, 5) is 34.5. The molecule has 8 nitrogen and oxygen atoms in total.